The highest BCUT2D eigenvalue weighted by atomic mass is 16.2. The average molecular weight is 302 g/mol. The van der Waals surface area contributed by atoms with Gasteiger partial charge in [-0.2, -0.15) is 5.10 Å². The van der Waals surface area contributed by atoms with Gasteiger partial charge in [-0.3, -0.25) is 9.48 Å². The van der Waals surface area contributed by atoms with Crippen LogP contribution in [0.2, 0.25) is 0 Å². The number of likely N-dealkylation sites (tertiary alicyclic amines) is 1. The number of rotatable bonds is 5. The van der Waals surface area contributed by atoms with Gasteiger partial charge in [0.15, 0.2) is 0 Å². The topological polar surface area (TPSA) is 68.8 Å². The molecule has 1 unspecified atom stereocenters. The number of hydrogen-bond acceptors (Lipinski definition) is 4. The first-order chi connectivity index (χ1) is 10.7. The lowest BCUT2D eigenvalue weighted by Gasteiger charge is -2.17. The molecule has 0 aromatic carbocycles. The summed E-state index contributed by atoms with van der Waals surface area (Å²) in [7, 11) is 0. The van der Waals surface area contributed by atoms with E-state index in [-0.39, 0.29) is 5.91 Å². The van der Waals surface area contributed by atoms with E-state index in [1.54, 1.807) is 23.3 Å². The Morgan fingerprint density at radius 3 is 3.00 bits per heavy atom. The molecule has 3 rings (SSSR count). The SMILES string of the molecule is CCn1cnnc1CC1CCN(C(=O)c2ccnn2CC)C1. The van der Waals surface area contributed by atoms with E-state index in [1.165, 1.54) is 0 Å². The van der Waals surface area contributed by atoms with Crippen molar-refractivity contribution >= 4 is 5.91 Å². The van der Waals surface area contributed by atoms with Crippen LogP contribution in [0.5, 0.6) is 0 Å². The number of nitrogens with zero attached hydrogens (tertiary/aromatic N) is 6. The number of carbonyl (C=O) groups excluding carboxylic acids is 1. The molecule has 7 heteroatoms. The Bertz CT molecular complexity index is 646. The second kappa shape index (κ2) is 6.29. The van der Waals surface area contributed by atoms with Crippen LogP contribution >= 0.6 is 0 Å². The molecule has 0 N–H and O–H groups in total. The average Bonchev–Trinajstić information content (AvgIpc) is 3.27. The van der Waals surface area contributed by atoms with Crippen molar-refractivity contribution in [2.45, 2.75) is 39.8 Å². The van der Waals surface area contributed by atoms with Crippen molar-refractivity contribution in [1.29, 1.82) is 0 Å². The molecule has 0 radical (unpaired) electrons. The van der Waals surface area contributed by atoms with E-state index in [4.69, 9.17) is 0 Å². The van der Waals surface area contributed by atoms with E-state index < -0.39 is 0 Å². The fraction of sp³-hybridized carbons (Fsp3) is 0.600. The summed E-state index contributed by atoms with van der Waals surface area (Å²) in [4.78, 5) is 14.5. The number of carbonyl (C=O) groups is 1. The third kappa shape index (κ3) is 2.75. The molecule has 2 aromatic rings. The lowest BCUT2D eigenvalue weighted by molar-refractivity contribution is 0.0774. The summed E-state index contributed by atoms with van der Waals surface area (Å²) in [6, 6.07) is 1.80. The van der Waals surface area contributed by atoms with Crippen molar-refractivity contribution in [1.82, 2.24) is 29.4 Å². The Labute approximate surface area is 129 Å². The van der Waals surface area contributed by atoms with E-state index in [9.17, 15) is 4.79 Å². The van der Waals surface area contributed by atoms with Gasteiger partial charge >= 0.3 is 0 Å². The molecule has 1 aliphatic rings. The zero-order valence-electron chi connectivity index (χ0n) is 13.1. The highest BCUT2D eigenvalue weighted by Crippen LogP contribution is 2.21. The Morgan fingerprint density at radius 1 is 1.36 bits per heavy atom. The first-order valence-corrected chi connectivity index (χ1v) is 7.90. The van der Waals surface area contributed by atoms with E-state index in [1.807, 2.05) is 11.8 Å². The Kier molecular flexibility index (Phi) is 4.22. The first-order valence-electron chi connectivity index (χ1n) is 7.90. The molecular formula is C15H22N6O. The number of amides is 1. The van der Waals surface area contributed by atoms with Crippen molar-refractivity contribution in [3.05, 3.63) is 30.1 Å². The van der Waals surface area contributed by atoms with Crippen LogP contribution in [0.4, 0.5) is 0 Å². The molecule has 0 bridgehead atoms. The Hall–Kier alpha value is -2.18. The van der Waals surface area contributed by atoms with Crippen LogP contribution in [0.3, 0.4) is 0 Å². The number of aryl methyl sites for hydroxylation is 2. The summed E-state index contributed by atoms with van der Waals surface area (Å²) < 4.78 is 3.82. The molecule has 3 heterocycles. The molecule has 2 aromatic heterocycles. The van der Waals surface area contributed by atoms with Gasteiger partial charge in [0.1, 0.15) is 17.8 Å². The second-order valence-corrected chi connectivity index (χ2v) is 5.68. The fourth-order valence-electron chi connectivity index (χ4n) is 3.07. The van der Waals surface area contributed by atoms with Gasteiger partial charge in [-0.05, 0) is 32.3 Å². The molecule has 1 fully saturated rings. The maximum Gasteiger partial charge on any atom is 0.272 e. The van der Waals surface area contributed by atoms with E-state index >= 15 is 0 Å². The summed E-state index contributed by atoms with van der Waals surface area (Å²) in [5.74, 6) is 1.55. The zero-order chi connectivity index (χ0) is 15.5. The Morgan fingerprint density at radius 2 is 2.23 bits per heavy atom. The molecule has 0 aliphatic carbocycles. The third-order valence-corrected chi connectivity index (χ3v) is 4.32. The lowest BCUT2D eigenvalue weighted by Crippen LogP contribution is -2.31. The third-order valence-electron chi connectivity index (χ3n) is 4.32. The van der Waals surface area contributed by atoms with Crippen LogP contribution in [0.1, 0.15) is 36.6 Å². The molecule has 1 aliphatic heterocycles. The van der Waals surface area contributed by atoms with Crippen LogP contribution in [-0.4, -0.2) is 48.4 Å². The Balaban J connectivity index is 1.64. The summed E-state index contributed by atoms with van der Waals surface area (Å²) in [5.41, 5.74) is 0.680. The first kappa shape index (κ1) is 14.7. The summed E-state index contributed by atoms with van der Waals surface area (Å²) in [5, 5.41) is 12.3. The predicted molar refractivity (Wildman–Crippen MR) is 81.3 cm³/mol. The van der Waals surface area contributed by atoms with Gasteiger partial charge in [0.2, 0.25) is 0 Å². The van der Waals surface area contributed by atoms with Gasteiger partial charge < -0.3 is 9.47 Å². The quantitative estimate of drug-likeness (QED) is 0.833. The van der Waals surface area contributed by atoms with Crippen LogP contribution in [0.25, 0.3) is 0 Å². The minimum atomic E-state index is 0.0822. The van der Waals surface area contributed by atoms with Crippen LogP contribution in [0.15, 0.2) is 18.6 Å². The number of aromatic nitrogens is 5. The summed E-state index contributed by atoms with van der Waals surface area (Å²) >= 11 is 0. The van der Waals surface area contributed by atoms with Crippen molar-refractivity contribution < 1.29 is 4.79 Å². The maximum atomic E-state index is 12.6. The van der Waals surface area contributed by atoms with Gasteiger partial charge in [-0.15, -0.1) is 10.2 Å². The molecule has 118 valence electrons. The molecule has 1 saturated heterocycles. The minimum Gasteiger partial charge on any atom is -0.337 e. The monoisotopic (exact) mass is 302 g/mol. The van der Waals surface area contributed by atoms with Gasteiger partial charge in [0.25, 0.3) is 5.91 Å². The standard InChI is InChI=1S/C15H22N6O/c1-3-19-11-16-18-14(19)9-12-6-8-20(10-12)15(22)13-5-7-17-21(13)4-2/h5,7,11-12H,3-4,6,8-10H2,1-2H3. The van der Waals surface area contributed by atoms with Crippen LogP contribution in [0, 0.1) is 5.92 Å². The number of hydrogen-bond donors (Lipinski definition) is 0. The van der Waals surface area contributed by atoms with E-state index in [0.717, 1.165) is 38.3 Å². The summed E-state index contributed by atoms with van der Waals surface area (Å²) in [6.07, 6.45) is 5.36. The van der Waals surface area contributed by atoms with Gasteiger partial charge in [-0.25, -0.2) is 0 Å². The largest absolute Gasteiger partial charge is 0.337 e. The minimum absolute atomic E-state index is 0.0822. The molecule has 0 spiro atoms. The zero-order valence-corrected chi connectivity index (χ0v) is 13.1. The second-order valence-electron chi connectivity index (χ2n) is 5.68. The predicted octanol–water partition coefficient (Wildman–Crippen LogP) is 1.22. The van der Waals surface area contributed by atoms with Gasteiger partial charge in [0.05, 0.1) is 0 Å². The highest BCUT2D eigenvalue weighted by Gasteiger charge is 2.29. The van der Waals surface area contributed by atoms with Gasteiger partial charge in [0, 0.05) is 38.8 Å². The fourth-order valence-corrected chi connectivity index (χ4v) is 3.07. The lowest BCUT2D eigenvalue weighted by atomic mass is 10.0. The highest BCUT2D eigenvalue weighted by molar-refractivity contribution is 5.92. The molecule has 1 atom stereocenters. The van der Waals surface area contributed by atoms with Crippen LogP contribution < -0.4 is 0 Å². The summed E-state index contributed by atoms with van der Waals surface area (Å²) in [6.45, 7) is 7.26. The molecule has 7 nitrogen and oxygen atoms in total. The van der Waals surface area contributed by atoms with Gasteiger partial charge in [-0.1, -0.05) is 0 Å². The molecule has 0 saturated carbocycles. The molecule has 1 amide bonds. The molecular weight excluding hydrogens is 280 g/mol. The molecule has 22 heavy (non-hydrogen) atoms. The van der Waals surface area contributed by atoms with Crippen molar-refractivity contribution in [2.75, 3.05) is 13.1 Å². The van der Waals surface area contributed by atoms with Crippen LogP contribution in [-0.2, 0) is 19.5 Å². The van der Waals surface area contributed by atoms with E-state index in [0.29, 0.717) is 18.2 Å². The van der Waals surface area contributed by atoms with E-state index in [2.05, 4.69) is 26.8 Å². The van der Waals surface area contributed by atoms with Crippen molar-refractivity contribution in [2.24, 2.45) is 5.92 Å². The normalized spacial score (nSPS) is 18.1. The van der Waals surface area contributed by atoms with Crippen molar-refractivity contribution in [3.8, 4) is 0 Å². The maximum absolute atomic E-state index is 12.6. The smallest absolute Gasteiger partial charge is 0.272 e. The van der Waals surface area contributed by atoms with Crippen molar-refractivity contribution in [3.63, 3.8) is 0 Å².